The number of hydrogen-bond acceptors (Lipinski definition) is 4. The van der Waals surface area contributed by atoms with Crippen molar-refractivity contribution in [3.8, 4) is 0 Å². The lowest BCUT2D eigenvalue weighted by Crippen LogP contribution is -2.41. The highest BCUT2D eigenvalue weighted by atomic mass is 35.5. The van der Waals surface area contributed by atoms with E-state index >= 15 is 0 Å². The molecule has 0 aliphatic rings. The third kappa shape index (κ3) is 11.5. The van der Waals surface area contributed by atoms with Crippen LogP contribution in [-0.2, 0) is 9.59 Å². The van der Waals surface area contributed by atoms with E-state index in [2.05, 4.69) is 0 Å². The molecule has 0 saturated carbocycles. The molecule has 0 rings (SSSR count). The second-order valence-corrected chi connectivity index (χ2v) is 3.19. The summed E-state index contributed by atoms with van der Waals surface area (Å²) in [5, 5.41) is 16.7. The van der Waals surface area contributed by atoms with Crippen molar-refractivity contribution in [3.05, 3.63) is 0 Å². The topological polar surface area (TPSA) is 127 Å². The minimum Gasteiger partial charge on any atom is -0.481 e. The number of halogens is 2. The Balaban J connectivity index is -0.000000845. The maximum atomic E-state index is 10.2. The number of rotatable bonds is 7. The molecule has 0 amide bonds. The lowest BCUT2D eigenvalue weighted by Gasteiger charge is -2.17. The molecule has 0 spiro atoms. The standard InChI is InChI=1S/C8H16N2O4.2ClH/c9-5(1-3-7(11)12)6(10)2-4-8(13)14;;/h5-6H,1-4,9-10H2,(H,11,12)(H,13,14);2*1H/t5-,6+;;. The van der Waals surface area contributed by atoms with Crippen LogP contribution >= 0.6 is 24.8 Å². The fraction of sp³-hybridized carbons (Fsp3) is 0.750. The minimum absolute atomic E-state index is 0. The first kappa shape index (κ1) is 20.8. The van der Waals surface area contributed by atoms with Crippen LogP contribution in [0.15, 0.2) is 0 Å². The van der Waals surface area contributed by atoms with Crippen molar-refractivity contribution in [3.63, 3.8) is 0 Å². The van der Waals surface area contributed by atoms with Crippen LogP contribution in [0.5, 0.6) is 0 Å². The minimum atomic E-state index is -0.925. The van der Waals surface area contributed by atoms with Gasteiger partial charge in [0.1, 0.15) is 0 Å². The Morgan fingerprint density at radius 2 is 1.12 bits per heavy atom. The van der Waals surface area contributed by atoms with Crippen molar-refractivity contribution in [2.24, 2.45) is 11.5 Å². The predicted molar refractivity (Wildman–Crippen MR) is 64.2 cm³/mol. The van der Waals surface area contributed by atoms with Crippen LogP contribution in [0.25, 0.3) is 0 Å². The van der Waals surface area contributed by atoms with Crippen molar-refractivity contribution in [2.75, 3.05) is 0 Å². The van der Waals surface area contributed by atoms with Crippen molar-refractivity contribution >= 4 is 36.8 Å². The summed E-state index contributed by atoms with van der Waals surface area (Å²) in [6.45, 7) is 0. The molecule has 0 radical (unpaired) electrons. The number of carboxylic acid groups (broad SMARTS) is 2. The first-order chi connectivity index (χ1) is 6.43. The van der Waals surface area contributed by atoms with Crippen LogP contribution in [-0.4, -0.2) is 34.2 Å². The SMILES string of the molecule is Cl.Cl.N[C@H](CCC(=O)O)[C@@H](N)CCC(=O)O. The van der Waals surface area contributed by atoms with E-state index in [9.17, 15) is 9.59 Å². The molecule has 0 aliphatic heterocycles. The zero-order valence-electron chi connectivity index (χ0n) is 8.67. The molecule has 2 atom stereocenters. The Hall–Kier alpha value is -0.560. The number of nitrogens with two attached hydrogens (primary N) is 2. The number of carbonyl (C=O) groups is 2. The Morgan fingerprint density at radius 3 is 1.31 bits per heavy atom. The van der Waals surface area contributed by atoms with Gasteiger partial charge in [0.05, 0.1) is 0 Å². The molecule has 0 unspecified atom stereocenters. The molecule has 6 N–H and O–H groups in total. The second kappa shape index (κ2) is 10.9. The summed E-state index contributed by atoms with van der Waals surface area (Å²) in [6.07, 6.45) is 0.468. The normalized spacial score (nSPS) is 12.9. The molecule has 8 heteroatoms. The van der Waals surface area contributed by atoms with E-state index in [1.165, 1.54) is 0 Å². The first-order valence-electron chi connectivity index (χ1n) is 4.38. The first-order valence-corrected chi connectivity index (χ1v) is 4.38. The van der Waals surface area contributed by atoms with Crippen LogP contribution in [0.1, 0.15) is 25.7 Å². The molecule has 98 valence electrons. The maximum Gasteiger partial charge on any atom is 0.303 e. The molecule has 16 heavy (non-hydrogen) atoms. The lowest BCUT2D eigenvalue weighted by atomic mass is 10.0. The Kier molecular flexibility index (Phi) is 14.2. The average molecular weight is 277 g/mol. The highest BCUT2D eigenvalue weighted by molar-refractivity contribution is 5.85. The maximum absolute atomic E-state index is 10.2. The smallest absolute Gasteiger partial charge is 0.303 e. The summed E-state index contributed by atoms with van der Waals surface area (Å²) in [4.78, 5) is 20.4. The van der Waals surface area contributed by atoms with Gasteiger partial charge in [-0.25, -0.2) is 0 Å². The van der Waals surface area contributed by atoms with Crippen molar-refractivity contribution in [1.29, 1.82) is 0 Å². The number of hydrogen-bond donors (Lipinski definition) is 4. The van der Waals surface area contributed by atoms with Crippen LogP contribution in [0.4, 0.5) is 0 Å². The van der Waals surface area contributed by atoms with Gasteiger partial charge in [-0.1, -0.05) is 0 Å². The van der Waals surface area contributed by atoms with Gasteiger partial charge in [-0.2, -0.15) is 0 Å². The largest absolute Gasteiger partial charge is 0.481 e. The number of carboxylic acids is 2. The van der Waals surface area contributed by atoms with Crippen LogP contribution in [0, 0.1) is 0 Å². The molecule has 0 bridgehead atoms. The summed E-state index contributed by atoms with van der Waals surface area (Å²) in [7, 11) is 0. The zero-order valence-corrected chi connectivity index (χ0v) is 10.3. The second-order valence-electron chi connectivity index (χ2n) is 3.19. The summed E-state index contributed by atoms with van der Waals surface area (Å²) >= 11 is 0. The highest BCUT2D eigenvalue weighted by Crippen LogP contribution is 2.04. The molecular formula is C8H18Cl2N2O4. The molecule has 0 aromatic rings. The molecule has 0 aromatic carbocycles. The van der Waals surface area contributed by atoms with Gasteiger partial charge in [-0.05, 0) is 12.8 Å². The van der Waals surface area contributed by atoms with E-state index in [1.54, 1.807) is 0 Å². The van der Waals surface area contributed by atoms with Gasteiger partial charge >= 0.3 is 11.9 Å². The van der Waals surface area contributed by atoms with Gasteiger partial charge in [-0.3, -0.25) is 9.59 Å². The van der Waals surface area contributed by atoms with Crippen LogP contribution in [0.2, 0.25) is 0 Å². The molecular weight excluding hydrogens is 259 g/mol. The fourth-order valence-corrected chi connectivity index (χ4v) is 1.01. The Morgan fingerprint density at radius 1 is 0.875 bits per heavy atom. The monoisotopic (exact) mass is 276 g/mol. The van der Waals surface area contributed by atoms with E-state index in [1.807, 2.05) is 0 Å². The van der Waals surface area contributed by atoms with E-state index in [4.69, 9.17) is 21.7 Å². The molecule has 0 fully saturated rings. The van der Waals surface area contributed by atoms with Gasteiger partial charge < -0.3 is 21.7 Å². The molecule has 0 saturated heterocycles. The summed E-state index contributed by atoms with van der Waals surface area (Å²) in [5.74, 6) is -1.85. The summed E-state index contributed by atoms with van der Waals surface area (Å²) < 4.78 is 0. The fourth-order valence-electron chi connectivity index (χ4n) is 1.01. The molecule has 0 aromatic heterocycles. The van der Waals surface area contributed by atoms with E-state index in [0.717, 1.165) is 0 Å². The van der Waals surface area contributed by atoms with Gasteiger partial charge in [-0.15, -0.1) is 24.8 Å². The third-order valence-corrected chi connectivity index (χ3v) is 1.93. The van der Waals surface area contributed by atoms with Crippen molar-refractivity contribution in [1.82, 2.24) is 0 Å². The summed E-state index contributed by atoms with van der Waals surface area (Å²) in [6, 6.07) is -0.907. The van der Waals surface area contributed by atoms with Crippen molar-refractivity contribution in [2.45, 2.75) is 37.8 Å². The Labute approximate surface area is 106 Å². The quantitative estimate of drug-likeness (QED) is 0.527. The molecule has 0 aliphatic carbocycles. The van der Waals surface area contributed by atoms with Gasteiger partial charge in [0.25, 0.3) is 0 Å². The molecule has 0 heterocycles. The summed E-state index contributed by atoms with van der Waals surface area (Å²) in [5.41, 5.74) is 11.1. The lowest BCUT2D eigenvalue weighted by molar-refractivity contribution is -0.138. The third-order valence-electron chi connectivity index (χ3n) is 1.93. The molecule has 6 nitrogen and oxygen atoms in total. The average Bonchev–Trinajstić information content (AvgIpc) is 2.09. The van der Waals surface area contributed by atoms with E-state index in [0.29, 0.717) is 0 Å². The van der Waals surface area contributed by atoms with E-state index in [-0.39, 0.29) is 50.5 Å². The Bertz CT molecular complexity index is 194. The van der Waals surface area contributed by atoms with Crippen molar-refractivity contribution < 1.29 is 19.8 Å². The van der Waals surface area contributed by atoms with Gasteiger partial charge in [0.15, 0.2) is 0 Å². The zero-order chi connectivity index (χ0) is 11.1. The highest BCUT2D eigenvalue weighted by Gasteiger charge is 2.15. The van der Waals surface area contributed by atoms with Crippen LogP contribution in [0.3, 0.4) is 0 Å². The predicted octanol–water partition coefficient (Wildman–Crippen LogP) is 0.214. The number of aliphatic carboxylic acids is 2. The van der Waals surface area contributed by atoms with Gasteiger partial charge in [0.2, 0.25) is 0 Å². The van der Waals surface area contributed by atoms with Gasteiger partial charge in [0, 0.05) is 24.9 Å². The van der Waals surface area contributed by atoms with Crippen LogP contribution < -0.4 is 11.5 Å². The van der Waals surface area contributed by atoms with E-state index < -0.39 is 24.0 Å².